The lowest BCUT2D eigenvalue weighted by atomic mass is 10.0. The van der Waals surface area contributed by atoms with E-state index in [0.717, 1.165) is 16.3 Å². The van der Waals surface area contributed by atoms with Crippen LogP contribution in [0.4, 0.5) is 5.69 Å². The molecule has 0 saturated carbocycles. The van der Waals surface area contributed by atoms with Gasteiger partial charge in [-0.1, -0.05) is 6.07 Å². The van der Waals surface area contributed by atoms with Gasteiger partial charge in [0.25, 0.3) is 11.8 Å². The van der Waals surface area contributed by atoms with E-state index in [9.17, 15) is 19.2 Å². The smallest absolute Gasteiger partial charge is 0.262 e. The predicted molar refractivity (Wildman–Crippen MR) is 99.5 cm³/mol. The molecule has 0 spiro atoms. The van der Waals surface area contributed by atoms with Gasteiger partial charge in [0.1, 0.15) is 6.04 Å². The topological polar surface area (TPSA) is 99.7 Å². The molecule has 142 valence electrons. The first kappa shape index (κ1) is 17.8. The molecule has 0 radical (unpaired) electrons. The number of pyridine rings is 1. The van der Waals surface area contributed by atoms with Crippen molar-refractivity contribution in [2.24, 2.45) is 0 Å². The van der Waals surface area contributed by atoms with Gasteiger partial charge in [0.15, 0.2) is 0 Å². The number of anilines is 1. The number of carbonyl (C=O) groups excluding carboxylic acids is 4. The van der Waals surface area contributed by atoms with Gasteiger partial charge in [-0.05, 0) is 36.8 Å². The van der Waals surface area contributed by atoms with Gasteiger partial charge in [-0.15, -0.1) is 0 Å². The molecule has 1 unspecified atom stereocenters. The highest BCUT2D eigenvalue weighted by molar-refractivity contribution is 6.23. The summed E-state index contributed by atoms with van der Waals surface area (Å²) in [6.07, 6.45) is 1.95. The highest BCUT2D eigenvalue weighted by Crippen LogP contribution is 2.30. The first-order chi connectivity index (χ1) is 13.5. The molecule has 1 aromatic carbocycles. The number of hydrogen-bond donors (Lipinski definition) is 1. The van der Waals surface area contributed by atoms with Crippen LogP contribution in [-0.4, -0.2) is 46.6 Å². The summed E-state index contributed by atoms with van der Waals surface area (Å²) in [4.78, 5) is 56.3. The molecule has 0 aliphatic carbocycles. The Morgan fingerprint density at radius 2 is 1.89 bits per heavy atom. The predicted octanol–water partition coefficient (Wildman–Crippen LogP) is 1.12. The first-order valence-corrected chi connectivity index (χ1v) is 8.92. The van der Waals surface area contributed by atoms with Crippen molar-refractivity contribution in [3.63, 3.8) is 0 Å². The molecule has 4 rings (SSSR count). The van der Waals surface area contributed by atoms with Crippen molar-refractivity contribution in [3.05, 3.63) is 59.4 Å². The van der Waals surface area contributed by atoms with Crippen LogP contribution in [0.25, 0.3) is 0 Å². The molecule has 2 aliphatic heterocycles. The molecule has 1 N–H and O–H groups in total. The Labute approximate surface area is 161 Å². The molecular weight excluding hydrogens is 360 g/mol. The van der Waals surface area contributed by atoms with Crippen molar-refractivity contribution in [1.29, 1.82) is 0 Å². The molecular formula is C20H18N4O4. The van der Waals surface area contributed by atoms with Gasteiger partial charge in [0, 0.05) is 25.4 Å². The normalized spacial score (nSPS) is 18.9. The van der Waals surface area contributed by atoms with E-state index < -0.39 is 29.7 Å². The maximum Gasteiger partial charge on any atom is 0.262 e. The SMILES string of the molecule is CN(Cc1ccccn1)c1ccc2c(c1)C(=O)N(C1CCC(=O)NC1=O)C2=O. The number of carbonyl (C=O) groups is 4. The van der Waals surface area contributed by atoms with E-state index in [1.807, 2.05) is 30.1 Å². The van der Waals surface area contributed by atoms with Crippen molar-refractivity contribution in [1.82, 2.24) is 15.2 Å². The molecule has 2 aliphatic rings. The van der Waals surface area contributed by atoms with Crippen LogP contribution in [0.2, 0.25) is 0 Å². The average molecular weight is 378 g/mol. The van der Waals surface area contributed by atoms with Crippen LogP contribution < -0.4 is 10.2 Å². The third-order valence-electron chi connectivity index (χ3n) is 4.99. The first-order valence-electron chi connectivity index (χ1n) is 8.92. The standard InChI is InChI=1S/C20H18N4O4/c1-23(11-12-4-2-3-9-21-12)13-5-6-14-15(10-13)20(28)24(19(14)27)16-7-8-17(25)22-18(16)26/h2-6,9-10,16H,7-8,11H2,1H3,(H,22,25,26). The molecule has 1 aromatic heterocycles. The van der Waals surface area contributed by atoms with Crippen LogP contribution in [0.5, 0.6) is 0 Å². The Balaban J connectivity index is 1.59. The molecule has 0 bridgehead atoms. The third kappa shape index (κ3) is 3.02. The Kier molecular flexibility index (Phi) is 4.38. The summed E-state index contributed by atoms with van der Waals surface area (Å²) in [5.74, 6) is -2.02. The van der Waals surface area contributed by atoms with Crippen molar-refractivity contribution >= 4 is 29.3 Å². The molecule has 3 heterocycles. The quantitative estimate of drug-likeness (QED) is 0.801. The molecule has 1 atom stereocenters. The monoisotopic (exact) mass is 378 g/mol. The highest BCUT2D eigenvalue weighted by atomic mass is 16.2. The highest BCUT2D eigenvalue weighted by Gasteiger charge is 2.44. The van der Waals surface area contributed by atoms with E-state index >= 15 is 0 Å². The number of amides is 4. The molecule has 8 heteroatoms. The van der Waals surface area contributed by atoms with Gasteiger partial charge in [-0.25, -0.2) is 0 Å². The summed E-state index contributed by atoms with van der Waals surface area (Å²) in [7, 11) is 1.87. The van der Waals surface area contributed by atoms with Gasteiger partial charge in [-0.2, -0.15) is 0 Å². The van der Waals surface area contributed by atoms with E-state index in [0.29, 0.717) is 6.54 Å². The van der Waals surface area contributed by atoms with E-state index in [1.54, 1.807) is 24.4 Å². The fraction of sp³-hybridized carbons (Fsp3) is 0.250. The molecule has 28 heavy (non-hydrogen) atoms. The summed E-state index contributed by atoms with van der Waals surface area (Å²) in [6, 6.07) is 9.71. The van der Waals surface area contributed by atoms with Gasteiger partial charge >= 0.3 is 0 Å². The molecule has 8 nitrogen and oxygen atoms in total. The summed E-state index contributed by atoms with van der Waals surface area (Å²) in [6.45, 7) is 0.540. The Morgan fingerprint density at radius 3 is 2.61 bits per heavy atom. The minimum Gasteiger partial charge on any atom is -0.369 e. The van der Waals surface area contributed by atoms with Crippen molar-refractivity contribution in [2.45, 2.75) is 25.4 Å². The summed E-state index contributed by atoms with van der Waals surface area (Å²) in [5.41, 5.74) is 2.17. The molecule has 2 aromatic rings. The molecule has 1 fully saturated rings. The second kappa shape index (κ2) is 6.88. The Bertz CT molecular complexity index is 989. The number of hydrogen-bond acceptors (Lipinski definition) is 6. The Morgan fingerprint density at radius 1 is 1.11 bits per heavy atom. The van der Waals surface area contributed by atoms with E-state index in [-0.39, 0.29) is 24.0 Å². The van der Waals surface area contributed by atoms with Gasteiger partial charge in [0.05, 0.1) is 23.4 Å². The zero-order valence-corrected chi connectivity index (χ0v) is 15.2. The van der Waals surface area contributed by atoms with Crippen molar-refractivity contribution in [3.8, 4) is 0 Å². The number of nitrogens with one attached hydrogen (secondary N) is 1. The third-order valence-corrected chi connectivity index (χ3v) is 4.99. The van der Waals surface area contributed by atoms with Crippen molar-refractivity contribution in [2.75, 3.05) is 11.9 Å². The minimum atomic E-state index is -0.959. The van der Waals surface area contributed by atoms with Crippen LogP contribution in [-0.2, 0) is 16.1 Å². The second-order valence-electron chi connectivity index (χ2n) is 6.85. The van der Waals surface area contributed by atoms with Crippen LogP contribution in [0.3, 0.4) is 0 Å². The van der Waals surface area contributed by atoms with E-state index in [4.69, 9.17) is 0 Å². The van der Waals surface area contributed by atoms with Gasteiger partial charge in [-0.3, -0.25) is 34.4 Å². The van der Waals surface area contributed by atoms with E-state index in [1.165, 1.54) is 0 Å². The zero-order chi connectivity index (χ0) is 19.8. The Hall–Kier alpha value is -3.55. The number of aromatic nitrogens is 1. The van der Waals surface area contributed by atoms with Crippen molar-refractivity contribution < 1.29 is 19.2 Å². The lowest BCUT2D eigenvalue weighted by Crippen LogP contribution is -2.54. The summed E-state index contributed by atoms with van der Waals surface area (Å²) < 4.78 is 0. The maximum atomic E-state index is 12.9. The van der Waals surface area contributed by atoms with Crippen LogP contribution in [0.1, 0.15) is 39.3 Å². The number of piperidine rings is 1. The number of imide groups is 2. The molecule has 1 saturated heterocycles. The number of benzene rings is 1. The van der Waals surface area contributed by atoms with E-state index in [2.05, 4.69) is 10.3 Å². The fourth-order valence-corrected chi connectivity index (χ4v) is 3.52. The number of fused-ring (bicyclic) bond motifs is 1. The second-order valence-corrected chi connectivity index (χ2v) is 6.85. The number of nitrogens with zero attached hydrogens (tertiary/aromatic N) is 3. The summed E-state index contributed by atoms with van der Waals surface area (Å²) in [5, 5.41) is 2.19. The lowest BCUT2D eigenvalue weighted by Gasteiger charge is -2.27. The fourth-order valence-electron chi connectivity index (χ4n) is 3.52. The zero-order valence-electron chi connectivity index (χ0n) is 15.2. The minimum absolute atomic E-state index is 0.0991. The van der Waals surface area contributed by atoms with Crippen LogP contribution in [0, 0.1) is 0 Å². The van der Waals surface area contributed by atoms with Crippen LogP contribution >= 0.6 is 0 Å². The molecule has 4 amide bonds. The number of rotatable bonds is 4. The largest absolute Gasteiger partial charge is 0.369 e. The average Bonchev–Trinajstić information content (AvgIpc) is 2.93. The summed E-state index contributed by atoms with van der Waals surface area (Å²) >= 11 is 0. The maximum absolute atomic E-state index is 12.9. The van der Waals surface area contributed by atoms with Gasteiger partial charge < -0.3 is 4.90 Å². The van der Waals surface area contributed by atoms with Crippen LogP contribution in [0.15, 0.2) is 42.6 Å². The van der Waals surface area contributed by atoms with Gasteiger partial charge in [0.2, 0.25) is 11.8 Å². The lowest BCUT2D eigenvalue weighted by molar-refractivity contribution is -0.136.